The molecule has 0 aliphatic carbocycles. The summed E-state index contributed by atoms with van der Waals surface area (Å²) in [6, 6.07) is 0.0143. The molecule has 0 rings (SSSR count). The van der Waals surface area contributed by atoms with Gasteiger partial charge in [0.25, 0.3) is 0 Å². The van der Waals surface area contributed by atoms with Crippen LogP contribution in [0.25, 0.3) is 0 Å². The summed E-state index contributed by atoms with van der Waals surface area (Å²) in [5, 5.41) is 6.04. The van der Waals surface area contributed by atoms with Gasteiger partial charge in [-0.2, -0.15) is 0 Å². The molecule has 0 heterocycles. The van der Waals surface area contributed by atoms with Crippen LogP contribution in [0.1, 0.15) is 194 Å². The first-order valence-electron chi connectivity index (χ1n) is 18.6. The zero-order valence-electron chi connectivity index (χ0n) is 28.8. The third-order valence-electron chi connectivity index (χ3n) is 7.95. The van der Waals surface area contributed by atoms with Gasteiger partial charge in [-0.25, -0.2) is 4.79 Å². The van der Waals surface area contributed by atoms with Crippen LogP contribution in [0.15, 0.2) is 37.5 Å². The number of hydrogen-bond acceptors (Lipinski definition) is 1. The summed E-state index contributed by atoms with van der Waals surface area (Å²) in [6.07, 6.45) is 46.5. The number of carbonyl (C=O) groups is 1. The van der Waals surface area contributed by atoms with Gasteiger partial charge < -0.3 is 10.6 Å². The lowest BCUT2D eigenvalue weighted by atomic mass is 10.1. The SMILES string of the molecule is C=C.CCCCCCCCC=CCCCCCCCCNC(=O)NCCCCCCCCC=CCCCCCCCC. The zero-order chi connectivity index (χ0) is 31.0. The summed E-state index contributed by atoms with van der Waals surface area (Å²) in [5.74, 6) is 0. The van der Waals surface area contributed by atoms with E-state index in [0.717, 1.165) is 25.9 Å². The van der Waals surface area contributed by atoms with E-state index in [1.54, 1.807) is 0 Å². The Labute approximate surface area is 265 Å². The Morgan fingerprint density at radius 3 is 0.929 bits per heavy atom. The van der Waals surface area contributed by atoms with Crippen molar-refractivity contribution < 1.29 is 4.79 Å². The van der Waals surface area contributed by atoms with E-state index in [0.29, 0.717) is 0 Å². The van der Waals surface area contributed by atoms with Gasteiger partial charge in [-0.15, -0.1) is 13.2 Å². The number of carbonyl (C=O) groups excluding carboxylic acids is 1. The fourth-order valence-corrected chi connectivity index (χ4v) is 5.21. The monoisotopic (exact) mass is 589 g/mol. The van der Waals surface area contributed by atoms with E-state index in [1.807, 2.05) is 0 Å². The molecule has 3 heteroatoms. The number of amides is 2. The standard InChI is InChI=1S/C37H72N2O.C2H4/c1-3-5-7-9-11-13-15-17-19-21-23-25-27-29-31-33-35-38-37(40)39-36-34-32-30-28-26-24-22-20-18-16-14-12-10-8-6-4-2;1-2/h17-20H,3-16,21-36H2,1-2H3,(H2,38,39,40);1-2H2. The van der Waals surface area contributed by atoms with Crippen molar-refractivity contribution in [3.8, 4) is 0 Å². The quantitative estimate of drug-likeness (QED) is 0.0595. The Balaban J connectivity index is 0. The van der Waals surface area contributed by atoms with Crippen LogP contribution in [0.5, 0.6) is 0 Å². The van der Waals surface area contributed by atoms with Gasteiger partial charge in [0.15, 0.2) is 0 Å². The number of allylic oxidation sites excluding steroid dienone is 4. The molecule has 0 unspecified atom stereocenters. The van der Waals surface area contributed by atoms with Crippen LogP contribution in [-0.2, 0) is 0 Å². The highest BCUT2D eigenvalue weighted by Gasteiger charge is 1.99. The highest BCUT2D eigenvalue weighted by atomic mass is 16.2. The van der Waals surface area contributed by atoms with Gasteiger partial charge in [-0.05, 0) is 64.2 Å². The molecule has 2 N–H and O–H groups in total. The van der Waals surface area contributed by atoms with E-state index >= 15 is 0 Å². The molecule has 0 spiro atoms. The fourth-order valence-electron chi connectivity index (χ4n) is 5.21. The van der Waals surface area contributed by atoms with Crippen molar-refractivity contribution in [2.45, 2.75) is 194 Å². The fraction of sp³-hybridized carbons (Fsp3) is 0.821. The van der Waals surface area contributed by atoms with Crippen molar-refractivity contribution in [2.24, 2.45) is 0 Å². The van der Waals surface area contributed by atoms with Crippen LogP contribution in [0, 0.1) is 0 Å². The number of urea groups is 1. The summed E-state index contributed by atoms with van der Waals surface area (Å²) in [6.45, 7) is 12.2. The van der Waals surface area contributed by atoms with E-state index in [2.05, 4.69) is 61.9 Å². The first-order chi connectivity index (χ1) is 20.8. The normalized spacial score (nSPS) is 11.2. The number of unbranched alkanes of at least 4 members (excludes halogenated alkanes) is 24. The zero-order valence-corrected chi connectivity index (χ0v) is 28.8. The van der Waals surface area contributed by atoms with E-state index < -0.39 is 0 Å². The van der Waals surface area contributed by atoms with Gasteiger partial charge in [0.1, 0.15) is 0 Å². The van der Waals surface area contributed by atoms with E-state index in [9.17, 15) is 4.79 Å². The maximum atomic E-state index is 11.9. The third-order valence-corrected chi connectivity index (χ3v) is 7.95. The van der Waals surface area contributed by atoms with Gasteiger partial charge >= 0.3 is 6.03 Å². The summed E-state index contributed by atoms with van der Waals surface area (Å²) in [4.78, 5) is 11.9. The molecule has 0 aromatic rings. The molecule has 42 heavy (non-hydrogen) atoms. The number of rotatable bonds is 32. The molecular formula is C39H76N2O. The molecule has 2 amide bonds. The van der Waals surface area contributed by atoms with Crippen molar-refractivity contribution >= 4 is 6.03 Å². The smallest absolute Gasteiger partial charge is 0.314 e. The minimum atomic E-state index is 0.0143. The van der Waals surface area contributed by atoms with Crippen LogP contribution in [0.3, 0.4) is 0 Å². The van der Waals surface area contributed by atoms with Crippen molar-refractivity contribution in [1.82, 2.24) is 10.6 Å². The largest absolute Gasteiger partial charge is 0.338 e. The molecule has 0 bridgehead atoms. The van der Waals surface area contributed by atoms with Gasteiger partial charge in [-0.1, -0.05) is 154 Å². The number of nitrogens with one attached hydrogen (secondary N) is 2. The van der Waals surface area contributed by atoms with Gasteiger partial charge in [-0.3, -0.25) is 0 Å². The van der Waals surface area contributed by atoms with Gasteiger partial charge in [0.05, 0.1) is 0 Å². The molecule has 0 fully saturated rings. The van der Waals surface area contributed by atoms with Crippen LogP contribution >= 0.6 is 0 Å². The summed E-state index contributed by atoms with van der Waals surface area (Å²) in [5.41, 5.74) is 0. The van der Waals surface area contributed by atoms with Gasteiger partial charge in [0, 0.05) is 13.1 Å². The second kappa shape index (κ2) is 41.6. The van der Waals surface area contributed by atoms with Crippen LogP contribution in [0.2, 0.25) is 0 Å². The van der Waals surface area contributed by atoms with Crippen molar-refractivity contribution in [1.29, 1.82) is 0 Å². The number of hydrogen-bond donors (Lipinski definition) is 2. The second-order valence-corrected chi connectivity index (χ2v) is 12.1. The first-order valence-corrected chi connectivity index (χ1v) is 18.6. The molecule has 0 saturated heterocycles. The molecule has 0 aliphatic heterocycles. The topological polar surface area (TPSA) is 41.1 Å². The molecule has 248 valence electrons. The lowest BCUT2D eigenvalue weighted by Crippen LogP contribution is -2.36. The minimum Gasteiger partial charge on any atom is -0.338 e. The average Bonchev–Trinajstić information content (AvgIpc) is 3.01. The molecule has 0 aromatic heterocycles. The maximum Gasteiger partial charge on any atom is 0.314 e. The van der Waals surface area contributed by atoms with Crippen LogP contribution < -0.4 is 10.6 Å². The van der Waals surface area contributed by atoms with Crippen molar-refractivity contribution in [2.75, 3.05) is 13.1 Å². The van der Waals surface area contributed by atoms with Crippen LogP contribution in [-0.4, -0.2) is 19.1 Å². The predicted octanol–water partition coefficient (Wildman–Crippen LogP) is 13.2. The molecular weight excluding hydrogens is 512 g/mol. The average molecular weight is 589 g/mol. The summed E-state index contributed by atoms with van der Waals surface area (Å²) >= 11 is 0. The van der Waals surface area contributed by atoms with Gasteiger partial charge in [0.2, 0.25) is 0 Å². The Morgan fingerprint density at radius 1 is 0.405 bits per heavy atom. The van der Waals surface area contributed by atoms with E-state index in [-0.39, 0.29) is 6.03 Å². The van der Waals surface area contributed by atoms with E-state index in [1.165, 1.54) is 167 Å². The van der Waals surface area contributed by atoms with Crippen LogP contribution in [0.4, 0.5) is 4.79 Å². The minimum absolute atomic E-state index is 0.0143. The lowest BCUT2D eigenvalue weighted by molar-refractivity contribution is 0.240. The lowest BCUT2D eigenvalue weighted by Gasteiger charge is -2.07. The van der Waals surface area contributed by atoms with Crippen molar-refractivity contribution in [3.05, 3.63) is 37.5 Å². The molecule has 0 atom stereocenters. The Bertz CT molecular complexity index is 511. The summed E-state index contributed by atoms with van der Waals surface area (Å²) < 4.78 is 0. The molecule has 0 radical (unpaired) electrons. The maximum absolute atomic E-state index is 11.9. The Kier molecular flexibility index (Phi) is 42.2. The Morgan fingerprint density at radius 2 is 0.643 bits per heavy atom. The van der Waals surface area contributed by atoms with Crippen molar-refractivity contribution in [3.63, 3.8) is 0 Å². The second-order valence-electron chi connectivity index (χ2n) is 12.1. The highest BCUT2D eigenvalue weighted by molar-refractivity contribution is 5.73. The molecule has 0 saturated carbocycles. The molecule has 0 aliphatic rings. The highest BCUT2D eigenvalue weighted by Crippen LogP contribution is 2.11. The third kappa shape index (κ3) is 40.6. The molecule has 0 aromatic carbocycles. The summed E-state index contributed by atoms with van der Waals surface area (Å²) in [7, 11) is 0. The Hall–Kier alpha value is -1.51. The van der Waals surface area contributed by atoms with E-state index in [4.69, 9.17) is 0 Å². The first kappa shape index (κ1) is 42.6. The molecule has 3 nitrogen and oxygen atoms in total. The predicted molar refractivity (Wildman–Crippen MR) is 192 cm³/mol.